The maximum atomic E-state index is 12.5. The van der Waals surface area contributed by atoms with Crippen molar-refractivity contribution in [1.82, 2.24) is 5.32 Å². The van der Waals surface area contributed by atoms with E-state index in [2.05, 4.69) is 10.1 Å². The number of para-hydroxylation sites is 1. The molecule has 2 fully saturated rings. The van der Waals surface area contributed by atoms with Crippen LogP contribution in [0, 0.1) is 0 Å². The van der Waals surface area contributed by atoms with Gasteiger partial charge in [-0.05, 0) is 18.9 Å². The van der Waals surface area contributed by atoms with Gasteiger partial charge in [-0.3, -0.25) is 0 Å². The Kier molecular flexibility index (Phi) is 3.59. The van der Waals surface area contributed by atoms with Crippen LogP contribution in [0.4, 0.5) is 13.2 Å². The SMILES string of the molecule is OC1(c2ccccc2OC(F)(F)F)CC2COCC(C1)N2. The van der Waals surface area contributed by atoms with Crippen LogP contribution in [-0.2, 0) is 10.3 Å². The van der Waals surface area contributed by atoms with Crippen LogP contribution in [0.1, 0.15) is 18.4 Å². The van der Waals surface area contributed by atoms with E-state index in [0.717, 1.165) is 0 Å². The maximum absolute atomic E-state index is 12.5. The highest BCUT2D eigenvalue weighted by Crippen LogP contribution is 2.41. The van der Waals surface area contributed by atoms with E-state index in [1.54, 1.807) is 6.07 Å². The summed E-state index contributed by atoms with van der Waals surface area (Å²) in [4.78, 5) is 0. The number of fused-ring (bicyclic) bond motifs is 2. The molecule has 3 rings (SSSR count). The van der Waals surface area contributed by atoms with Gasteiger partial charge < -0.3 is 19.9 Å². The lowest BCUT2D eigenvalue weighted by molar-refractivity contribution is -0.275. The Bertz CT molecular complexity index is 508. The van der Waals surface area contributed by atoms with Crippen LogP contribution >= 0.6 is 0 Å². The molecule has 0 radical (unpaired) electrons. The van der Waals surface area contributed by atoms with Gasteiger partial charge in [0.1, 0.15) is 5.75 Å². The van der Waals surface area contributed by atoms with Crippen molar-refractivity contribution in [3.8, 4) is 5.75 Å². The molecule has 0 amide bonds. The van der Waals surface area contributed by atoms with E-state index in [-0.39, 0.29) is 23.4 Å². The predicted octanol–water partition coefficient (Wildman–Crippen LogP) is 1.92. The van der Waals surface area contributed by atoms with Crippen molar-refractivity contribution >= 4 is 0 Å². The van der Waals surface area contributed by atoms with E-state index >= 15 is 0 Å². The Morgan fingerprint density at radius 2 is 1.81 bits per heavy atom. The molecule has 2 heterocycles. The van der Waals surface area contributed by atoms with Crippen molar-refractivity contribution in [1.29, 1.82) is 0 Å². The van der Waals surface area contributed by atoms with Gasteiger partial charge in [-0.15, -0.1) is 13.2 Å². The molecule has 2 aliphatic heterocycles. The molecule has 2 saturated heterocycles. The zero-order valence-corrected chi connectivity index (χ0v) is 11.2. The molecule has 1 aromatic rings. The summed E-state index contributed by atoms with van der Waals surface area (Å²) >= 11 is 0. The average molecular weight is 303 g/mol. The highest BCUT2D eigenvalue weighted by Gasteiger charge is 2.44. The third-order valence-electron chi connectivity index (χ3n) is 3.89. The maximum Gasteiger partial charge on any atom is 0.573 e. The molecule has 4 nitrogen and oxygen atoms in total. The summed E-state index contributed by atoms with van der Waals surface area (Å²) in [5, 5.41) is 14.2. The van der Waals surface area contributed by atoms with Crippen LogP contribution < -0.4 is 10.1 Å². The van der Waals surface area contributed by atoms with E-state index in [1.807, 2.05) is 0 Å². The summed E-state index contributed by atoms with van der Waals surface area (Å²) in [5.74, 6) is -0.339. The van der Waals surface area contributed by atoms with E-state index in [0.29, 0.717) is 26.1 Å². The standard InChI is InChI=1S/C14H16F3NO3/c15-14(16,17)21-12-4-2-1-3-11(12)13(19)5-9-7-20-8-10(6-13)18-9/h1-4,9-10,18-19H,5-8H2. The molecule has 0 aromatic heterocycles. The molecule has 116 valence electrons. The number of hydrogen-bond acceptors (Lipinski definition) is 4. The Morgan fingerprint density at radius 1 is 1.19 bits per heavy atom. The summed E-state index contributed by atoms with van der Waals surface area (Å²) < 4.78 is 47.0. The minimum absolute atomic E-state index is 0.0681. The number of hydrogen-bond donors (Lipinski definition) is 2. The first kappa shape index (κ1) is 14.6. The average Bonchev–Trinajstić information content (AvgIpc) is 2.36. The highest BCUT2D eigenvalue weighted by atomic mass is 19.4. The number of rotatable bonds is 2. The van der Waals surface area contributed by atoms with E-state index in [4.69, 9.17) is 4.74 Å². The van der Waals surface area contributed by atoms with Gasteiger partial charge in [-0.25, -0.2) is 0 Å². The highest BCUT2D eigenvalue weighted by molar-refractivity contribution is 5.39. The zero-order valence-electron chi connectivity index (χ0n) is 11.2. The number of ether oxygens (including phenoxy) is 2. The molecule has 2 N–H and O–H groups in total. The number of aliphatic hydroxyl groups is 1. The van der Waals surface area contributed by atoms with Crippen LogP contribution in [0.2, 0.25) is 0 Å². The summed E-state index contributed by atoms with van der Waals surface area (Å²) in [5.41, 5.74) is -1.16. The molecule has 2 unspecified atom stereocenters. The second-order valence-corrected chi connectivity index (χ2v) is 5.58. The Balaban J connectivity index is 1.92. The summed E-state index contributed by atoms with van der Waals surface area (Å²) in [7, 11) is 0. The quantitative estimate of drug-likeness (QED) is 0.876. The predicted molar refractivity (Wildman–Crippen MR) is 67.8 cm³/mol. The fraction of sp³-hybridized carbons (Fsp3) is 0.571. The van der Waals surface area contributed by atoms with Gasteiger partial charge >= 0.3 is 6.36 Å². The van der Waals surface area contributed by atoms with Gasteiger partial charge in [0.15, 0.2) is 0 Å². The van der Waals surface area contributed by atoms with Crippen molar-refractivity contribution in [2.24, 2.45) is 0 Å². The molecule has 0 spiro atoms. The topological polar surface area (TPSA) is 50.7 Å². The smallest absolute Gasteiger partial charge is 0.405 e. The van der Waals surface area contributed by atoms with Gasteiger partial charge in [0, 0.05) is 17.6 Å². The van der Waals surface area contributed by atoms with Gasteiger partial charge in [-0.1, -0.05) is 18.2 Å². The molecule has 2 atom stereocenters. The van der Waals surface area contributed by atoms with E-state index in [9.17, 15) is 18.3 Å². The molecule has 0 saturated carbocycles. The number of piperidine rings is 1. The van der Waals surface area contributed by atoms with Gasteiger partial charge in [0.2, 0.25) is 0 Å². The number of benzene rings is 1. The van der Waals surface area contributed by atoms with E-state index in [1.165, 1.54) is 18.2 Å². The molecular weight excluding hydrogens is 287 g/mol. The fourth-order valence-corrected chi connectivity index (χ4v) is 3.20. The number of halogens is 3. The normalized spacial score (nSPS) is 32.8. The fourth-order valence-electron chi connectivity index (χ4n) is 3.20. The van der Waals surface area contributed by atoms with Gasteiger partial charge in [0.05, 0.1) is 18.8 Å². The zero-order chi connectivity index (χ0) is 15.1. The third kappa shape index (κ3) is 3.14. The van der Waals surface area contributed by atoms with Crippen LogP contribution in [0.5, 0.6) is 5.75 Å². The first-order valence-electron chi connectivity index (χ1n) is 6.77. The second kappa shape index (κ2) is 5.15. The van der Waals surface area contributed by atoms with Crippen LogP contribution in [0.3, 0.4) is 0 Å². The minimum atomic E-state index is -4.78. The first-order chi connectivity index (χ1) is 9.86. The largest absolute Gasteiger partial charge is 0.573 e. The summed E-state index contributed by atoms with van der Waals surface area (Å²) in [6, 6.07) is 5.64. The van der Waals surface area contributed by atoms with Gasteiger partial charge in [0.25, 0.3) is 0 Å². The molecule has 2 aliphatic rings. The van der Waals surface area contributed by atoms with Gasteiger partial charge in [-0.2, -0.15) is 0 Å². The first-order valence-corrected chi connectivity index (χ1v) is 6.77. The number of nitrogens with one attached hydrogen (secondary N) is 1. The van der Waals surface area contributed by atoms with Crippen molar-refractivity contribution in [3.05, 3.63) is 29.8 Å². The Hall–Kier alpha value is -1.31. The molecule has 7 heteroatoms. The molecule has 0 aliphatic carbocycles. The number of alkyl halides is 3. The minimum Gasteiger partial charge on any atom is -0.405 e. The van der Waals surface area contributed by atoms with Crippen molar-refractivity contribution in [3.63, 3.8) is 0 Å². The lowest BCUT2D eigenvalue weighted by Crippen LogP contribution is -2.58. The third-order valence-corrected chi connectivity index (χ3v) is 3.89. The van der Waals surface area contributed by atoms with Crippen LogP contribution in [-0.4, -0.2) is 36.8 Å². The molecule has 2 bridgehead atoms. The number of morpholine rings is 1. The lowest BCUT2D eigenvalue weighted by Gasteiger charge is -2.45. The lowest BCUT2D eigenvalue weighted by atomic mass is 9.78. The van der Waals surface area contributed by atoms with E-state index < -0.39 is 12.0 Å². The molecule has 1 aromatic carbocycles. The van der Waals surface area contributed by atoms with Crippen molar-refractivity contribution < 1.29 is 27.8 Å². The summed E-state index contributed by atoms with van der Waals surface area (Å²) in [6.45, 7) is 0.891. The monoisotopic (exact) mass is 303 g/mol. The van der Waals surface area contributed by atoms with Crippen molar-refractivity contribution in [2.75, 3.05) is 13.2 Å². The van der Waals surface area contributed by atoms with Crippen LogP contribution in [0.15, 0.2) is 24.3 Å². The van der Waals surface area contributed by atoms with Crippen LogP contribution in [0.25, 0.3) is 0 Å². The molecular formula is C14H16F3NO3. The summed E-state index contributed by atoms with van der Waals surface area (Å²) in [6.07, 6.45) is -4.19. The Morgan fingerprint density at radius 3 is 2.43 bits per heavy atom. The van der Waals surface area contributed by atoms with Crippen molar-refractivity contribution in [2.45, 2.75) is 36.9 Å². The molecule has 21 heavy (non-hydrogen) atoms. The second-order valence-electron chi connectivity index (χ2n) is 5.58. The Labute approximate surface area is 119 Å².